The Morgan fingerprint density at radius 1 is 1.14 bits per heavy atom. The molecule has 0 aliphatic carbocycles. The lowest BCUT2D eigenvalue weighted by atomic mass is 10.2. The van der Waals surface area contributed by atoms with Crippen LogP contribution in [0.1, 0.15) is 10.4 Å². The van der Waals surface area contributed by atoms with Crippen LogP contribution in [0.5, 0.6) is 11.5 Å². The van der Waals surface area contributed by atoms with Crippen molar-refractivity contribution in [3.63, 3.8) is 0 Å². The molecule has 8 heteroatoms. The molecule has 0 N–H and O–H groups in total. The SMILES string of the molecule is CN(C)CCN(C(=O)c1ccccc1F)c1nc2cc3c(cc2s1)OCCO3. The molecule has 1 aromatic heterocycles. The number of rotatable bonds is 5. The van der Waals surface area contributed by atoms with Gasteiger partial charge in [0.1, 0.15) is 19.0 Å². The summed E-state index contributed by atoms with van der Waals surface area (Å²) in [7, 11) is 3.85. The molecule has 0 unspecified atom stereocenters. The van der Waals surface area contributed by atoms with Gasteiger partial charge in [0.2, 0.25) is 0 Å². The number of halogens is 1. The van der Waals surface area contributed by atoms with Gasteiger partial charge < -0.3 is 14.4 Å². The molecular formula is C20H20FN3O3S. The van der Waals surface area contributed by atoms with Gasteiger partial charge in [-0.2, -0.15) is 0 Å². The van der Waals surface area contributed by atoms with Gasteiger partial charge in [0.05, 0.1) is 15.8 Å². The molecule has 0 spiro atoms. The van der Waals surface area contributed by atoms with Gasteiger partial charge in [-0.15, -0.1) is 0 Å². The Balaban J connectivity index is 1.73. The number of hydrogen-bond acceptors (Lipinski definition) is 6. The number of carbonyl (C=O) groups is 1. The van der Waals surface area contributed by atoms with E-state index in [0.29, 0.717) is 42.9 Å². The van der Waals surface area contributed by atoms with E-state index in [0.717, 1.165) is 10.2 Å². The van der Waals surface area contributed by atoms with E-state index in [-0.39, 0.29) is 5.56 Å². The Hall–Kier alpha value is -2.71. The van der Waals surface area contributed by atoms with E-state index in [9.17, 15) is 9.18 Å². The number of nitrogens with zero attached hydrogens (tertiary/aromatic N) is 3. The van der Waals surface area contributed by atoms with Crippen LogP contribution in [-0.2, 0) is 0 Å². The number of aromatic nitrogens is 1. The summed E-state index contributed by atoms with van der Waals surface area (Å²) in [6.07, 6.45) is 0. The first-order chi connectivity index (χ1) is 13.5. The first-order valence-corrected chi connectivity index (χ1v) is 9.76. The number of hydrogen-bond donors (Lipinski definition) is 0. The van der Waals surface area contributed by atoms with Gasteiger partial charge >= 0.3 is 0 Å². The van der Waals surface area contributed by atoms with E-state index in [2.05, 4.69) is 4.98 Å². The van der Waals surface area contributed by atoms with Crippen molar-refractivity contribution in [3.8, 4) is 11.5 Å². The molecule has 1 aliphatic heterocycles. The van der Waals surface area contributed by atoms with Crippen LogP contribution in [0.4, 0.5) is 9.52 Å². The second kappa shape index (κ2) is 7.73. The highest BCUT2D eigenvalue weighted by molar-refractivity contribution is 7.22. The van der Waals surface area contributed by atoms with Gasteiger partial charge in [-0.05, 0) is 26.2 Å². The predicted molar refractivity (Wildman–Crippen MR) is 107 cm³/mol. The summed E-state index contributed by atoms with van der Waals surface area (Å²) in [6.45, 7) is 2.02. The molecule has 0 atom stereocenters. The molecule has 4 rings (SSSR count). The highest BCUT2D eigenvalue weighted by Crippen LogP contribution is 2.39. The van der Waals surface area contributed by atoms with Gasteiger partial charge in [0, 0.05) is 25.2 Å². The molecule has 0 saturated heterocycles. The number of thiazole rings is 1. The minimum Gasteiger partial charge on any atom is -0.486 e. The van der Waals surface area contributed by atoms with E-state index in [1.165, 1.54) is 28.4 Å². The van der Waals surface area contributed by atoms with Crippen molar-refractivity contribution in [2.75, 3.05) is 45.3 Å². The predicted octanol–water partition coefficient (Wildman–Crippen LogP) is 3.42. The van der Waals surface area contributed by atoms with E-state index in [1.807, 2.05) is 31.1 Å². The zero-order valence-corrected chi connectivity index (χ0v) is 16.5. The van der Waals surface area contributed by atoms with Crippen LogP contribution in [0.15, 0.2) is 36.4 Å². The van der Waals surface area contributed by atoms with Crippen molar-refractivity contribution in [1.82, 2.24) is 9.88 Å². The van der Waals surface area contributed by atoms with Crippen LogP contribution in [0, 0.1) is 5.82 Å². The summed E-state index contributed by atoms with van der Waals surface area (Å²) < 4.78 is 26.3. The van der Waals surface area contributed by atoms with Crippen molar-refractivity contribution >= 4 is 32.6 Å². The molecule has 0 fully saturated rings. The average molecular weight is 401 g/mol. The maximum Gasteiger partial charge on any atom is 0.263 e. The highest BCUT2D eigenvalue weighted by Gasteiger charge is 2.24. The third kappa shape index (κ3) is 3.65. The number of fused-ring (bicyclic) bond motifs is 2. The molecule has 146 valence electrons. The monoisotopic (exact) mass is 401 g/mol. The summed E-state index contributed by atoms with van der Waals surface area (Å²) in [5, 5.41) is 0.521. The second-order valence-corrected chi connectivity index (χ2v) is 7.71. The maximum absolute atomic E-state index is 14.2. The Kier molecular flexibility index (Phi) is 5.15. The fraction of sp³-hybridized carbons (Fsp3) is 0.300. The van der Waals surface area contributed by atoms with Crippen molar-refractivity contribution in [2.24, 2.45) is 0 Å². The Morgan fingerprint density at radius 3 is 2.57 bits per heavy atom. The lowest BCUT2D eigenvalue weighted by Crippen LogP contribution is -2.37. The van der Waals surface area contributed by atoms with Gasteiger partial charge in [0.15, 0.2) is 16.6 Å². The number of amides is 1. The number of anilines is 1. The van der Waals surface area contributed by atoms with E-state index in [4.69, 9.17) is 9.47 Å². The molecule has 2 aromatic carbocycles. The average Bonchev–Trinajstić information content (AvgIpc) is 3.08. The lowest BCUT2D eigenvalue weighted by Gasteiger charge is -2.22. The largest absolute Gasteiger partial charge is 0.486 e. The van der Waals surface area contributed by atoms with E-state index in [1.54, 1.807) is 12.1 Å². The molecule has 0 saturated carbocycles. The Labute approximate surface area is 166 Å². The second-order valence-electron chi connectivity index (χ2n) is 6.70. The van der Waals surface area contributed by atoms with Crippen LogP contribution < -0.4 is 14.4 Å². The molecule has 6 nitrogen and oxygen atoms in total. The van der Waals surface area contributed by atoms with Crippen LogP contribution in [0.3, 0.4) is 0 Å². The molecule has 2 heterocycles. The molecular weight excluding hydrogens is 381 g/mol. The topological polar surface area (TPSA) is 54.9 Å². The fourth-order valence-corrected chi connectivity index (χ4v) is 3.93. The summed E-state index contributed by atoms with van der Waals surface area (Å²) >= 11 is 1.38. The van der Waals surface area contributed by atoms with Gasteiger partial charge in [-0.3, -0.25) is 9.69 Å². The normalized spacial score (nSPS) is 13.1. The highest BCUT2D eigenvalue weighted by atomic mass is 32.1. The summed E-state index contributed by atoms with van der Waals surface area (Å²) in [4.78, 5) is 21.2. The number of likely N-dealkylation sites (N-methyl/N-ethyl adjacent to an activating group) is 1. The van der Waals surface area contributed by atoms with Crippen molar-refractivity contribution in [1.29, 1.82) is 0 Å². The summed E-state index contributed by atoms with van der Waals surface area (Å²) in [5.74, 6) is 0.377. The van der Waals surface area contributed by atoms with E-state index >= 15 is 0 Å². The summed E-state index contributed by atoms with van der Waals surface area (Å²) in [6, 6.07) is 9.71. The van der Waals surface area contributed by atoms with Gasteiger partial charge in [0.25, 0.3) is 5.91 Å². The number of carbonyl (C=O) groups excluding carboxylic acids is 1. The molecule has 0 radical (unpaired) electrons. The van der Waals surface area contributed by atoms with Gasteiger partial charge in [-0.25, -0.2) is 9.37 Å². The fourth-order valence-electron chi connectivity index (χ4n) is 2.93. The van der Waals surface area contributed by atoms with Crippen LogP contribution >= 0.6 is 11.3 Å². The maximum atomic E-state index is 14.2. The third-order valence-corrected chi connectivity index (χ3v) is 5.43. The van der Waals surface area contributed by atoms with Crippen LogP contribution in [-0.4, -0.2) is 56.2 Å². The quantitative estimate of drug-likeness (QED) is 0.656. The van der Waals surface area contributed by atoms with Crippen LogP contribution in [0.2, 0.25) is 0 Å². The standard InChI is InChI=1S/C20H20FN3O3S/c1-23(2)7-8-24(19(25)13-5-3-4-6-14(13)21)20-22-15-11-16-17(12-18(15)28-20)27-10-9-26-16/h3-6,11-12H,7-10H2,1-2H3. The minimum atomic E-state index is -0.541. The summed E-state index contributed by atoms with van der Waals surface area (Å²) in [5.41, 5.74) is 0.756. The van der Waals surface area contributed by atoms with Crippen LogP contribution in [0.25, 0.3) is 10.2 Å². The molecule has 1 aliphatic rings. The Bertz CT molecular complexity index is 978. The molecule has 1 amide bonds. The van der Waals surface area contributed by atoms with Crippen molar-refractivity contribution in [2.45, 2.75) is 0 Å². The molecule has 0 bridgehead atoms. The lowest BCUT2D eigenvalue weighted by molar-refractivity contribution is 0.0981. The smallest absolute Gasteiger partial charge is 0.263 e. The molecule has 3 aromatic rings. The number of benzene rings is 2. The first kappa shape index (κ1) is 18.6. The minimum absolute atomic E-state index is 0.0338. The van der Waals surface area contributed by atoms with E-state index < -0.39 is 11.7 Å². The third-order valence-electron chi connectivity index (χ3n) is 4.39. The zero-order valence-electron chi connectivity index (χ0n) is 15.6. The van der Waals surface area contributed by atoms with Gasteiger partial charge in [-0.1, -0.05) is 23.5 Å². The molecule has 28 heavy (non-hydrogen) atoms. The Morgan fingerprint density at radius 2 is 1.86 bits per heavy atom. The van der Waals surface area contributed by atoms with Crippen molar-refractivity contribution < 1.29 is 18.7 Å². The number of ether oxygens (including phenoxy) is 2. The first-order valence-electron chi connectivity index (χ1n) is 8.94. The van der Waals surface area contributed by atoms with Crippen molar-refractivity contribution in [3.05, 3.63) is 47.8 Å². The zero-order chi connectivity index (χ0) is 19.7.